The smallest absolute Gasteiger partial charge is 0.259 e. The van der Waals surface area contributed by atoms with Crippen molar-refractivity contribution in [2.24, 2.45) is 0 Å². The zero-order valence-corrected chi connectivity index (χ0v) is 20.5. The van der Waals surface area contributed by atoms with Gasteiger partial charge in [0.1, 0.15) is 28.3 Å². The van der Waals surface area contributed by atoms with Gasteiger partial charge in [0.05, 0.1) is 28.7 Å². The molecule has 0 aliphatic carbocycles. The fraction of sp³-hybridized carbons (Fsp3) is 0.435. The second-order valence-corrected chi connectivity index (χ2v) is 10.5. The maximum atomic E-state index is 12.9. The van der Waals surface area contributed by atoms with Crippen molar-refractivity contribution >= 4 is 44.9 Å². The molecule has 3 heterocycles. The molecule has 1 aliphatic heterocycles. The third-order valence-electron chi connectivity index (χ3n) is 5.48. The highest BCUT2D eigenvalue weighted by Gasteiger charge is 2.24. The van der Waals surface area contributed by atoms with Crippen molar-refractivity contribution in [3.8, 4) is 11.5 Å². The molecular formula is C23H27N3O4S2. The summed E-state index contributed by atoms with van der Waals surface area (Å²) >= 11 is 2.94. The van der Waals surface area contributed by atoms with Crippen LogP contribution in [0.5, 0.6) is 11.5 Å². The minimum Gasteiger partial charge on any atom is -0.492 e. The fourth-order valence-electron chi connectivity index (χ4n) is 3.69. The molecule has 2 unspecified atom stereocenters. The van der Waals surface area contributed by atoms with Crippen LogP contribution in [0.2, 0.25) is 0 Å². The normalized spacial score (nSPS) is 16.0. The molecule has 1 aromatic carbocycles. The molecule has 3 aromatic rings. The van der Waals surface area contributed by atoms with E-state index < -0.39 is 0 Å². The molecule has 0 saturated heterocycles. The van der Waals surface area contributed by atoms with Crippen LogP contribution < -0.4 is 20.3 Å². The van der Waals surface area contributed by atoms with Crippen LogP contribution in [0.3, 0.4) is 0 Å². The molecule has 0 saturated carbocycles. The summed E-state index contributed by atoms with van der Waals surface area (Å²) in [5.74, 6) is 2.29. The van der Waals surface area contributed by atoms with Crippen LogP contribution in [0.15, 0.2) is 16.9 Å². The number of hydrogen-bond donors (Lipinski definition) is 2. The first-order chi connectivity index (χ1) is 15.3. The predicted molar refractivity (Wildman–Crippen MR) is 131 cm³/mol. The number of hydrogen-bond acceptors (Lipinski definition) is 7. The molecule has 0 fully saturated rings. The van der Waals surface area contributed by atoms with Gasteiger partial charge in [-0.1, -0.05) is 0 Å². The molecule has 0 radical (unpaired) electrons. The third-order valence-corrected chi connectivity index (χ3v) is 7.74. The minimum absolute atomic E-state index is 0.114. The lowest BCUT2D eigenvalue weighted by molar-refractivity contribution is -0.115. The molecule has 2 aromatic heterocycles. The number of nitrogens with one attached hydrogen (secondary N) is 2. The molecule has 9 heteroatoms. The van der Waals surface area contributed by atoms with Crippen molar-refractivity contribution < 1.29 is 14.3 Å². The molecule has 4 rings (SSSR count). The topological polar surface area (TPSA) is 93.3 Å². The maximum absolute atomic E-state index is 12.9. The second kappa shape index (κ2) is 9.15. The summed E-state index contributed by atoms with van der Waals surface area (Å²) in [4.78, 5) is 34.6. The number of carbonyl (C=O) groups excluding carboxylic acids is 1. The number of anilines is 1. The van der Waals surface area contributed by atoms with Gasteiger partial charge in [-0.25, -0.2) is 4.98 Å². The zero-order chi connectivity index (χ0) is 23.0. The Morgan fingerprint density at radius 1 is 1.44 bits per heavy atom. The number of amides is 1. The van der Waals surface area contributed by atoms with Crippen LogP contribution in [0.1, 0.15) is 42.6 Å². The maximum Gasteiger partial charge on any atom is 0.259 e. The van der Waals surface area contributed by atoms with Crippen LogP contribution >= 0.6 is 23.1 Å². The fourth-order valence-corrected chi connectivity index (χ4v) is 5.50. The van der Waals surface area contributed by atoms with Gasteiger partial charge in [0.15, 0.2) is 0 Å². The van der Waals surface area contributed by atoms with Gasteiger partial charge in [0.2, 0.25) is 5.91 Å². The van der Waals surface area contributed by atoms with Gasteiger partial charge in [-0.2, -0.15) is 0 Å². The van der Waals surface area contributed by atoms with Gasteiger partial charge >= 0.3 is 0 Å². The van der Waals surface area contributed by atoms with Crippen LogP contribution in [-0.2, 0) is 17.0 Å². The van der Waals surface area contributed by atoms with E-state index in [1.54, 1.807) is 0 Å². The molecule has 1 aliphatic rings. The van der Waals surface area contributed by atoms with E-state index in [0.717, 1.165) is 33.0 Å². The number of thiophene rings is 1. The van der Waals surface area contributed by atoms with Crippen molar-refractivity contribution in [3.05, 3.63) is 44.3 Å². The van der Waals surface area contributed by atoms with Crippen molar-refractivity contribution in [1.29, 1.82) is 0 Å². The number of aromatic nitrogens is 2. The number of rotatable bonds is 7. The highest BCUT2D eigenvalue weighted by atomic mass is 32.2. The first-order valence-electron chi connectivity index (χ1n) is 10.6. The van der Waals surface area contributed by atoms with E-state index in [2.05, 4.69) is 15.3 Å². The first kappa shape index (κ1) is 22.7. The highest BCUT2D eigenvalue weighted by Crippen LogP contribution is 2.38. The number of ether oxygens (including phenoxy) is 2. The number of carbonyl (C=O) groups is 1. The molecule has 0 spiro atoms. The average Bonchev–Trinajstić information content (AvgIpc) is 3.24. The van der Waals surface area contributed by atoms with Crippen LogP contribution in [0.25, 0.3) is 10.2 Å². The van der Waals surface area contributed by atoms with Gasteiger partial charge in [0, 0.05) is 22.9 Å². The Morgan fingerprint density at radius 2 is 2.22 bits per heavy atom. The lowest BCUT2D eigenvalue weighted by Crippen LogP contribution is -2.23. The van der Waals surface area contributed by atoms with E-state index in [1.807, 2.05) is 46.8 Å². The molecule has 2 atom stereocenters. The van der Waals surface area contributed by atoms with E-state index >= 15 is 0 Å². The molecule has 7 nitrogen and oxygen atoms in total. The molecule has 32 heavy (non-hydrogen) atoms. The van der Waals surface area contributed by atoms with E-state index in [0.29, 0.717) is 35.0 Å². The van der Waals surface area contributed by atoms with Crippen LogP contribution in [-0.4, -0.2) is 33.8 Å². The monoisotopic (exact) mass is 473 g/mol. The van der Waals surface area contributed by atoms with Crippen molar-refractivity contribution in [1.82, 2.24) is 9.97 Å². The van der Waals surface area contributed by atoms with E-state index in [4.69, 9.17) is 9.47 Å². The van der Waals surface area contributed by atoms with Crippen LogP contribution in [0, 0.1) is 13.8 Å². The minimum atomic E-state index is -0.356. The molecule has 0 bridgehead atoms. The molecule has 170 valence electrons. The van der Waals surface area contributed by atoms with Crippen molar-refractivity contribution in [2.75, 3.05) is 11.9 Å². The van der Waals surface area contributed by atoms with Gasteiger partial charge in [0.25, 0.3) is 5.56 Å². The number of H-pyrrole nitrogens is 1. The Kier molecular flexibility index (Phi) is 6.48. The lowest BCUT2D eigenvalue weighted by Gasteiger charge is -2.16. The standard InChI is InChI=1S/C23H27N3O4S2/c1-6-29-18-8-15-7-11(2)30-17(15)9-16(18)24-21(27)14(5)31-10-19-25-22(28)20-12(3)13(4)32-23(20)26-19/h8-9,11,14H,6-7,10H2,1-5H3,(H,24,27)(H,25,26,28). The number of aromatic amines is 1. The zero-order valence-electron chi connectivity index (χ0n) is 18.8. The first-order valence-corrected chi connectivity index (χ1v) is 12.5. The average molecular weight is 474 g/mol. The Labute approximate surface area is 194 Å². The lowest BCUT2D eigenvalue weighted by atomic mass is 10.1. The Bertz CT molecular complexity index is 1230. The van der Waals surface area contributed by atoms with Crippen molar-refractivity contribution in [2.45, 2.75) is 58.1 Å². The SMILES string of the molecule is CCOc1cc2c(cc1NC(=O)C(C)SCc1nc3sc(C)c(C)c3c(=O)[nH]1)OC(C)C2. The summed E-state index contributed by atoms with van der Waals surface area (Å²) in [5, 5.41) is 3.27. The Hall–Kier alpha value is -2.52. The van der Waals surface area contributed by atoms with Gasteiger partial charge in [-0.15, -0.1) is 23.1 Å². The summed E-state index contributed by atoms with van der Waals surface area (Å²) in [6, 6.07) is 3.79. The number of nitrogens with zero attached hydrogens (tertiary/aromatic N) is 1. The molecule has 1 amide bonds. The summed E-state index contributed by atoms with van der Waals surface area (Å²) in [7, 11) is 0. The van der Waals surface area contributed by atoms with Gasteiger partial charge < -0.3 is 19.8 Å². The van der Waals surface area contributed by atoms with E-state index in [1.165, 1.54) is 23.1 Å². The summed E-state index contributed by atoms with van der Waals surface area (Å²) < 4.78 is 11.6. The number of fused-ring (bicyclic) bond motifs is 2. The highest BCUT2D eigenvalue weighted by molar-refractivity contribution is 7.99. The molecule has 2 N–H and O–H groups in total. The van der Waals surface area contributed by atoms with Gasteiger partial charge in [-0.3, -0.25) is 9.59 Å². The second-order valence-electron chi connectivity index (χ2n) is 7.94. The van der Waals surface area contributed by atoms with E-state index in [9.17, 15) is 9.59 Å². The van der Waals surface area contributed by atoms with E-state index in [-0.39, 0.29) is 22.8 Å². The van der Waals surface area contributed by atoms with Gasteiger partial charge in [-0.05, 0) is 46.2 Å². The third kappa shape index (κ3) is 4.49. The molecular weight excluding hydrogens is 446 g/mol. The number of benzene rings is 1. The van der Waals surface area contributed by atoms with Crippen LogP contribution in [0.4, 0.5) is 5.69 Å². The number of thioether (sulfide) groups is 1. The quantitative estimate of drug-likeness (QED) is 0.522. The summed E-state index contributed by atoms with van der Waals surface area (Å²) in [6.45, 7) is 10.2. The summed E-state index contributed by atoms with van der Waals surface area (Å²) in [5.41, 5.74) is 2.54. The van der Waals surface area contributed by atoms with Crippen molar-refractivity contribution in [3.63, 3.8) is 0 Å². The largest absolute Gasteiger partial charge is 0.492 e. The summed E-state index contributed by atoms with van der Waals surface area (Å²) in [6.07, 6.45) is 0.942. The Balaban J connectivity index is 1.45. The Morgan fingerprint density at radius 3 is 2.97 bits per heavy atom. The predicted octanol–water partition coefficient (Wildman–Crippen LogP) is 4.58. The number of aryl methyl sites for hydroxylation is 2.